The molecule has 0 bridgehead atoms. The van der Waals surface area contributed by atoms with Gasteiger partial charge in [0.15, 0.2) is 0 Å². The lowest BCUT2D eigenvalue weighted by Gasteiger charge is -2.23. The highest BCUT2D eigenvalue weighted by Gasteiger charge is 2.55. The normalized spacial score (nSPS) is 27.2. The highest BCUT2D eigenvalue weighted by molar-refractivity contribution is 7.09. The second kappa shape index (κ2) is 5.22. The molecule has 2 aliphatic rings. The second-order valence-corrected chi connectivity index (χ2v) is 7.59. The molecule has 0 aromatic carbocycles. The minimum Gasteiger partial charge on any atom is -0.481 e. The zero-order valence-corrected chi connectivity index (χ0v) is 13.6. The van der Waals surface area contributed by atoms with Crippen molar-refractivity contribution in [2.24, 2.45) is 11.3 Å². The van der Waals surface area contributed by atoms with E-state index in [9.17, 15) is 19.5 Å². The largest absolute Gasteiger partial charge is 0.481 e. The highest BCUT2D eigenvalue weighted by Crippen LogP contribution is 2.48. The SMILES string of the molecule is Cc1sc(=O)n(CC(=O)N2C[C@@H]3CCC[C@@]3(C(=O)O)C2)c1C. The minimum absolute atomic E-state index is 0.0113. The molecule has 120 valence electrons. The minimum atomic E-state index is -0.787. The molecule has 3 rings (SSSR count). The molecule has 2 heterocycles. The van der Waals surface area contributed by atoms with Gasteiger partial charge in [0.05, 0.1) is 5.41 Å². The summed E-state index contributed by atoms with van der Waals surface area (Å²) in [7, 11) is 0. The quantitative estimate of drug-likeness (QED) is 0.907. The van der Waals surface area contributed by atoms with Gasteiger partial charge in [-0.1, -0.05) is 17.8 Å². The molecule has 2 atom stereocenters. The number of aryl methyl sites for hydroxylation is 1. The molecule has 1 amide bonds. The van der Waals surface area contributed by atoms with Gasteiger partial charge >= 0.3 is 10.8 Å². The number of carbonyl (C=O) groups excluding carboxylic acids is 1. The van der Waals surface area contributed by atoms with Gasteiger partial charge in [-0.25, -0.2) is 0 Å². The van der Waals surface area contributed by atoms with Crippen molar-refractivity contribution < 1.29 is 14.7 Å². The average Bonchev–Trinajstić information content (AvgIpc) is 3.06. The van der Waals surface area contributed by atoms with Gasteiger partial charge < -0.3 is 10.0 Å². The first kappa shape index (κ1) is 15.3. The Morgan fingerprint density at radius 1 is 1.41 bits per heavy atom. The predicted octanol–water partition coefficient (Wildman–Crippen LogP) is 1.24. The van der Waals surface area contributed by atoms with E-state index in [1.165, 1.54) is 4.57 Å². The molecule has 1 saturated carbocycles. The van der Waals surface area contributed by atoms with Crippen molar-refractivity contribution in [1.29, 1.82) is 0 Å². The number of likely N-dealkylation sites (tertiary alicyclic amines) is 1. The third-order valence-electron chi connectivity index (χ3n) is 5.32. The van der Waals surface area contributed by atoms with Crippen molar-refractivity contribution in [3.8, 4) is 0 Å². The van der Waals surface area contributed by atoms with Gasteiger partial charge in [0, 0.05) is 23.7 Å². The molecule has 1 aromatic heterocycles. The molecular weight excluding hydrogens is 304 g/mol. The van der Waals surface area contributed by atoms with Gasteiger partial charge in [-0.15, -0.1) is 0 Å². The maximum absolute atomic E-state index is 12.5. The molecule has 7 heteroatoms. The van der Waals surface area contributed by atoms with Crippen LogP contribution in [-0.2, 0) is 16.1 Å². The Labute approximate surface area is 132 Å². The van der Waals surface area contributed by atoms with Crippen LogP contribution in [-0.4, -0.2) is 39.5 Å². The van der Waals surface area contributed by atoms with Crippen molar-refractivity contribution in [3.05, 3.63) is 20.2 Å². The van der Waals surface area contributed by atoms with Gasteiger partial charge in [-0.05, 0) is 32.6 Å². The van der Waals surface area contributed by atoms with E-state index in [2.05, 4.69) is 0 Å². The number of aromatic nitrogens is 1. The number of thiazole rings is 1. The summed E-state index contributed by atoms with van der Waals surface area (Å²) in [6.45, 7) is 4.49. The van der Waals surface area contributed by atoms with E-state index >= 15 is 0 Å². The zero-order chi connectivity index (χ0) is 16.1. The van der Waals surface area contributed by atoms with E-state index in [0.29, 0.717) is 13.0 Å². The maximum Gasteiger partial charge on any atom is 0.311 e. The Morgan fingerprint density at radius 2 is 2.14 bits per heavy atom. The van der Waals surface area contributed by atoms with Crippen molar-refractivity contribution in [1.82, 2.24) is 9.47 Å². The molecule has 1 aromatic rings. The Bertz CT molecular complexity index is 692. The topological polar surface area (TPSA) is 79.6 Å². The number of carboxylic acids is 1. The number of rotatable bonds is 3. The van der Waals surface area contributed by atoms with Crippen molar-refractivity contribution in [2.75, 3.05) is 13.1 Å². The summed E-state index contributed by atoms with van der Waals surface area (Å²) in [6.07, 6.45) is 2.43. The average molecular weight is 324 g/mol. The second-order valence-electron chi connectivity index (χ2n) is 6.42. The molecule has 1 aliphatic heterocycles. The lowest BCUT2D eigenvalue weighted by molar-refractivity contribution is -0.149. The Hall–Kier alpha value is -1.63. The van der Waals surface area contributed by atoms with E-state index in [1.807, 2.05) is 13.8 Å². The summed E-state index contributed by atoms with van der Waals surface area (Å²) >= 11 is 1.14. The molecule has 0 spiro atoms. The van der Waals surface area contributed by atoms with Crippen molar-refractivity contribution in [3.63, 3.8) is 0 Å². The Balaban J connectivity index is 1.77. The molecule has 0 radical (unpaired) electrons. The fourth-order valence-corrected chi connectivity index (χ4v) is 4.67. The van der Waals surface area contributed by atoms with E-state index in [4.69, 9.17) is 0 Å². The van der Waals surface area contributed by atoms with E-state index in [0.717, 1.165) is 34.7 Å². The molecule has 2 fully saturated rings. The smallest absolute Gasteiger partial charge is 0.311 e. The number of hydrogen-bond donors (Lipinski definition) is 1. The van der Waals surface area contributed by atoms with E-state index in [-0.39, 0.29) is 29.8 Å². The number of carbonyl (C=O) groups is 2. The number of hydrogen-bond acceptors (Lipinski definition) is 4. The monoisotopic (exact) mass is 324 g/mol. The molecule has 1 N–H and O–H groups in total. The van der Waals surface area contributed by atoms with Crippen LogP contribution in [0.4, 0.5) is 0 Å². The zero-order valence-electron chi connectivity index (χ0n) is 12.8. The van der Waals surface area contributed by atoms with Gasteiger partial charge in [0.25, 0.3) is 0 Å². The summed E-state index contributed by atoms with van der Waals surface area (Å²) in [6, 6.07) is 0. The third-order valence-corrected chi connectivity index (χ3v) is 6.31. The van der Waals surface area contributed by atoms with Crippen molar-refractivity contribution in [2.45, 2.75) is 39.7 Å². The third kappa shape index (κ3) is 2.18. The first-order valence-electron chi connectivity index (χ1n) is 7.53. The van der Waals surface area contributed by atoms with Crippen LogP contribution in [0.3, 0.4) is 0 Å². The fraction of sp³-hybridized carbons (Fsp3) is 0.667. The predicted molar refractivity (Wildman–Crippen MR) is 82.0 cm³/mol. The summed E-state index contributed by atoms with van der Waals surface area (Å²) in [5.74, 6) is -0.890. The number of nitrogens with zero attached hydrogens (tertiary/aromatic N) is 2. The number of carboxylic acid groups (broad SMARTS) is 1. The summed E-state index contributed by atoms with van der Waals surface area (Å²) in [5.41, 5.74) is 0.0518. The molecule has 22 heavy (non-hydrogen) atoms. The number of amides is 1. The lowest BCUT2D eigenvalue weighted by atomic mass is 9.81. The van der Waals surface area contributed by atoms with Crippen LogP contribution >= 0.6 is 11.3 Å². The standard InChI is InChI=1S/C15H20N2O4S/c1-9-10(2)22-14(21)17(9)7-12(18)16-6-11-4-3-5-15(11,8-16)13(19)20/h11H,3-8H2,1-2H3,(H,19,20)/t11-,15+/m0/s1. The van der Waals surface area contributed by atoms with Crippen LogP contribution in [0.15, 0.2) is 4.79 Å². The molecule has 1 saturated heterocycles. The molecule has 1 aliphatic carbocycles. The molecule has 0 unspecified atom stereocenters. The molecule has 6 nitrogen and oxygen atoms in total. The first-order chi connectivity index (χ1) is 10.3. The fourth-order valence-electron chi connectivity index (χ4n) is 3.83. The van der Waals surface area contributed by atoms with Gasteiger partial charge in [0.1, 0.15) is 6.54 Å². The van der Waals surface area contributed by atoms with Crippen molar-refractivity contribution >= 4 is 23.2 Å². The van der Waals surface area contributed by atoms with Crippen LogP contribution in [0.1, 0.15) is 29.8 Å². The van der Waals surface area contributed by atoms with Crippen LogP contribution in [0.2, 0.25) is 0 Å². The van der Waals surface area contributed by atoms with E-state index in [1.54, 1.807) is 4.90 Å². The highest BCUT2D eigenvalue weighted by atomic mass is 32.1. The Morgan fingerprint density at radius 3 is 2.68 bits per heavy atom. The van der Waals surface area contributed by atoms with Crippen LogP contribution < -0.4 is 4.87 Å². The maximum atomic E-state index is 12.5. The van der Waals surface area contributed by atoms with Crippen LogP contribution in [0.5, 0.6) is 0 Å². The first-order valence-corrected chi connectivity index (χ1v) is 8.35. The van der Waals surface area contributed by atoms with Crippen LogP contribution in [0.25, 0.3) is 0 Å². The Kier molecular flexibility index (Phi) is 3.63. The molecular formula is C15H20N2O4S. The summed E-state index contributed by atoms with van der Waals surface area (Å²) < 4.78 is 1.49. The van der Waals surface area contributed by atoms with Gasteiger partial charge in [-0.2, -0.15) is 0 Å². The summed E-state index contributed by atoms with van der Waals surface area (Å²) in [4.78, 5) is 38.5. The lowest BCUT2D eigenvalue weighted by Crippen LogP contribution is -2.39. The van der Waals surface area contributed by atoms with Crippen LogP contribution in [0, 0.1) is 25.2 Å². The number of aliphatic carboxylic acids is 1. The number of fused-ring (bicyclic) bond motifs is 1. The van der Waals surface area contributed by atoms with Gasteiger partial charge in [0.2, 0.25) is 5.91 Å². The van der Waals surface area contributed by atoms with E-state index < -0.39 is 11.4 Å². The summed E-state index contributed by atoms with van der Waals surface area (Å²) in [5, 5.41) is 9.56. The van der Waals surface area contributed by atoms with Gasteiger partial charge in [-0.3, -0.25) is 19.0 Å².